The van der Waals surface area contributed by atoms with Gasteiger partial charge in [0.15, 0.2) is 5.84 Å². The van der Waals surface area contributed by atoms with Gasteiger partial charge in [-0.25, -0.2) is 14.8 Å². The summed E-state index contributed by atoms with van der Waals surface area (Å²) < 4.78 is 5.45. The molecule has 0 radical (unpaired) electrons. The van der Waals surface area contributed by atoms with Gasteiger partial charge in [-0.1, -0.05) is 13.5 Å². The molecule has 0 aromatic carbocycles. The quantitative estimate of drug-likeness (QED) is 0.797. The summed E-state index contributed by atoms with van der Waals surface area (Å²) in [7, 11) is 0. The summed E-state index contributed by atoms with van der Waals surface area (Å²) in [5, 5.41) is 15.2. The van der Waals surface area contributed by atoms with Crippen LogP contribution in [0.2, 0.25) is 0 Å². The second-order valence-electron chi connectivity index (χ2n) is 7.93. The van der Waals surface area contributed by atoms with Crippen LogP contribution in [0.25, 0.3) is 0 Å². The van der Waals surface area contributed by atoms with Gasteiger partial charge >= 0.3 is 6.09 Å². The molecular formula is C20H30N6O2. The van der Waals surface area contributed by atoms with Crippen molar-refractivity contribution in [1.82, 2.24) is 9.91 Å². The molecule has 8 nitrogen and oxygen atoms in total. The molecule has 0 unspecified atom stereocenters. The van der Waals surface area contributed by atoms with Crippen LogP contribution in [0, 0.1) is 17.2 Å². The molecule has 2 aliphatic rings. The average molecular weight is 387 g/mol. The number of rotatable bonds is 4. The number of aliphatic imine (C=N–C) groups is 1. The molecule has 0 aromatic heterocycles. The van der Waals surface area contributed by atoms with Gasteiger partial charge in [-0.3, -0.25) is 0 Å². The first-order chi connectivity index (χ1) is 13.2. The Morgan fingerprint density at radius 2 is 2.07 bits per heavy atom. The first-order valence-corrected chi connectivity index (χ1v) is 9.59. The second-order valence-corrected chi connectivity index (χ2v) is 7.93. The molecule has 1 saturated heterocycles. The molecule has 0 bridgehead atoms. The highest BCUT2D eigenvalue weighted by molar-refractivity contribution is 6.02. The Bertz CT molecular complexity index is 746. The number of allylic oxidation sites excluding steroid dienone is 2. The number of amides is 1. The topological polar surface area (TPSA) is 107 Å². The zero-order valence-electron chi connectivity index (χ0n) is 17.2. The third-order valence-electron chi connectivity index (χ3n) is 4.76. The SMILES string of the molecule is C=C(C1CCN(C(=O)OC(C)(C)C)CC1)N1N=CN=C(N)/C1=C(\CC)CC#N. The van der Waals surface area contributed by atoms with Crippen LogP contribution in [0.15, 0.2) is 33.6 Å². The van der Waals surface area contributed by atoms with Crippen molar-refractivity contribution in [2.24, 2.45) is 21.7 Å². The maximum atomic E-state index is 12.3. The minimum absolute atomic E-state index is 0.150. The van der Waals surface area contributed by atoms with Crippen LogP contribution in [0.5, 0.6) is 0 Å². The number of carbonyl (C=O) groups excluding carboxylic acids is 1. The molecule has 0 aromatic rings. The number of hydrogen-bond acceptors (Lipinski definition) is 7. The fourth-order valence-electron chi connectivity index (χ4n) is 3.28. The molecule has 0 saturated carbocycles. The number of hydrogen-bond donors (Lipinski definition) is 1. The van der Waals surface area contributed by atoms with Gasteiger partial charge in [-0.05, 0) is 45.6 Å². The van der Waals surface area contributed by atoms with Gasteiger partial charge in [0, 0.05) is 24.7 Å². The van der Waals surface area contributed by atoms with E-state index in [1.165, 1.54) is 6.34 Å². The van der Waals surface area contributed by atoms with E-state index in [-0.39, 0.29) is 18.4 Å². The van der Waals surface area contributed by atoms with Crippen molar-refractivity contribution in [3.05, 3.63) is 23.5 Å². The maximum Gasteiger partial charge on any atom is 0.410 e. The Hall–Kier alpha value is -2.82. The van der Waals surface area contributed by atoms with Crippen LogP contribution in [0.3, 0.4) is 0 Å². The van der Waals surface area contributed by atoms with Crippen LogP contribution < -0.4 is 5.73 Å². The third kappa shape index (κ3) is 5.12. The summed E-state index contributed by atoms with van der Waals surface area (Å²) in [5.74, 6) is 0.492. The Balaban J connectivity index is 2.10. The van der Waals surface area contributed by atoms with Crippen LogP contribution in [-0.4, -0.2) is 46.9 Å². The Kier molecular flexibility index (Phi) is 6.84. The number of nitrogens with two attached hydrogens (primary N) is 1. The molecule has 8 heteroatoms. The van der Waals surface area contributed by atoms with Crippen LogP contribution >= 0.6 is 0 Å². The molecule has 0 aliphatic carbocycles. The molecule has 2 N–H and O–H groups in total. The van der Waals surface area contributed by atoms with E-state index in [2.05, 4.69) is 22.7 Å². The van der Waals surface area contributed by atoms with E-state index in [4.69, 9.17) is 15.7 Å². The molecule has 0 atom stereocenters. The Morgan fingerprint density at radius 3 is 2.61 bits per heavy atom. The lowest BCUT2D eigenvalue weighted by Crippen LogP contribution is -2.43. The number of nitriles is 1. The lowest BCUT2D eigenvalue weighted by molar-refractivity contribution is 0.0188. The predicted octanol–water partition coefficient (Wildman–Crippen LogP) is 3.34. The van der Waals surface area contributed by atoms with E-state index in [1.807, 2.05) is 27.7 Å². The molecule has 2 rings (SSSR count). The van der Waals surface area contributed by atoms with Crippen molar-refractivity contribution in [2.45, 2.75) is 59.0 Å². The summed E-state index contributed by atoms with van der Waals surface area (Å²) in [4.78, 5) is 18.1. The number of piperidine rings is 1. The molecule has 28 heavy (non-hydrogen) atoms. The number of nitrogens with zero attached hydrogens (tertiary/aromatic N) is 5. The highest BCUT2D eigenvalue weighted by Crippen LogP contribution is 2.32. The molecule has 2 aliphatic heterocycles. The second kappa shape index (κ2) is 8.91. The van der Waals surface area contributed by atoms with E-state index in [0.717, 1.165) is 24.1 Å². The van der Waals surface area contributed by atoms with Crippen molar-refractivity contribution in [3.8, 4) is 6.07 Å². The number of ether oxygens (including phenoxy) is 1. The molecular weight excluding hydrogens is 356 g/mol. The molecule has 0 spiro atoms. The lowest BCUT2D eigenvalue weighted by Gasteiger charge is -2.37. The summed E-state index contributed by atoms with van der Waals surface area (Å²) in [6.07, 6.45) is 3.57. The van der Waals surface area contributed by atoms with Gasteiger partial charge in [0.05, 0.1) is 12.5 Å². The van der Waals surface area contributed by atoms with Crippen molar-refractivity contribution < 1.29 is 9.53 Å². The molecule has 1 amide bonds. The average Bonchev–Trinajstić information content (AvgIpc) is 2.64. The van der Waals surface area contributed by atoms with Gasteiger partial charge in [0.2, 0.25) is 0 Å². The van der Waals surface area contributed by atoms with E-state index in [0.29, 0.717) is 31.0 Å². The Labute approximate surface area is 167 Å². The van der Waals surface area contributed by atoms with Crippen molar-refractivity contribution in [1.29, 1.82) is 5.26 Å². The lowest BCUT2D eigenvalue weighted by atomic mass is 9.93. The van der Waals surface area contributed by atoms with Crippen LogP contribution in [0.1, 0.15) is 53.4 Å². The van der Waals surface area contributed by atoms with Gasteiger partial charge in [-0.15, -0.1) is 0 Å². The number of hydrazone groups is 1. The smallest absolute Gasteiger partial charge is 0.410 e. The van der Waals surface area contributed by atoms with Crippen molar-refractivity contribution in [3.63, 3.8) is 0 Å². The van der Waals surface area contributed by atoms with Crippen LogP contribution in [-0.2, 0) is 4.74 Å². The van der Waals surface area contributed by atoms with Crippen molar-refractivity contribution in [2.75, 3.05) is 13.1 Å². The Morgan fingerprint density at radius 1 is 1.43 bits per heavy atom. The standard InChI is InChI=1S/C20H30N6O2/c1-6-15(7-10-21)17-18(22)23-13-24-26(17)14(2)16-8-11-25(12-9-16)19(27)28-20(3,4)5/h13,16H,2,6-9,11-12H2,1,3-5H3,(H2,22,23,24)/b17-15-. The third-order valence-corrected chi connectivity index (χ3v) is 4.76. The monoisotopic (exact) mass is 386 g/mol. The minimum atomic E-state index is -0.506. The van der Waals surface area contributed by atoms with E-state index >= 15 is 0 Å². The van der Waals surface area contributed by atoms with Crippen molar-refractivity contribution >= 4 is 18.3 Å². The fraction of sp³-hybridized carbons (Fsp3) is 0.600. The normalized spacial score (nSPS) is 19.8. The number of carbonyl (C=O) groups is 1. The molecule has 152 valence electrons. The predicted molar refractivity (Wildman–Crippen MR) is 109 cm³/mol. The highest BCUT2D eigenvalue weighted by Gasteiger charge is 2.32. The van der Waals surface area contributed by atoms with Crippen LogP contribution in [0.4, 0.5) is 4.79 Å². The van der Waals surface area contributed by atoms with E-state index < -0.39 is 5.60 Å². The van der Waals surface area contributed by atoms with E-state index in [9.17, 15) is 4.79 Å². The number of amidine groups is 1. The molecule has 1 fully saturated rings. The van der Waals surface area contributed by atoms with Gasteiger partial charge in [0.25, 0.3) is 0 Å². The zero-order chi connectivity index (χ0) is 20.9. The molecule has 2 heterocycles. The largest absolute Gasteiger partial charge is 0.444 e. The van der Waals surface area contributed by atoms with Gasteiger partial charge in [-0.2, -0.15) is 10.4 Å². The van der Waals surface area contributed by atoms with Gasteiger partial charge in [0.1, 0.15) is 17.6 Å². The zero-order valence-corrected chi connectivity index (χ0v) is 17.2. The summed E-state index contributed by atoms with van der Waals surface area (Å²) in [6.45, 7) is 13.0. The van der Waals surface area contributed by atoms with E-state index in [1.54, 1.807) is 9.91 Å². The number of likely N-dealkylation sites (tertiary alicyclic amines) is 1. The first kappa shape index (κ1) is 21.5. The first-order valence-electron chi connectivity index (χ1n) is 9.59. The summed E-state index contributed by atoms with van der Waals surface area (Å²) in [5.41, 5.74) is 7.94. The van der Waals surface area contributed by atoms with Gasteiger partial charge < -0.3 is 15.4 Å². The highest BCUT2D eigenvalue weighted by atomic mass is 16.6. The summed E-state index contributed by atoms with van der Waals surface area (Å²) >= 11 is 0. The fourth-order valence-corrected chi connectivity index (χ4v) is 3.28. The maximum absolute atomic E-state index is 12.3. The minimum Gasteiger partial charge on any atom is -0.444 e. The summed E-state index contributed by atoms with van der Waals surface area (Å²) in [6, 6.07) is 2.18.